The molecule has 3 aromatic rings. The highest BCUT2D eigenvalue weighted by Crippen LogP contribution is 2.43. The van der Waals surface area contributed by atoms with Gasteiger partial charge in [-0.25, -0.2) is 8.42 Å². The molecule has 0 saturated heterocycles. The van der Waals surface area contributed by atoms with E-state index in [-0.39, 0.29) is 17.3 Å². The number of benzene rings is 3. The second-order valence-corrected chi connectivity index (χ2v) is 10.1. The maximum atomic E-state index is 13.2. The molecule has 0 aromatic heterocycles. The number of thioether (sulfide) groups is 1. The zero-order chi connectivity index (χ0) is 21.1. The number of carbonyl (C=O) groups is 1. The Labute approximate surface area is 185 Å². The molecule has 3 aromatic carbocycles. The van der Waals surface area contributed by atoms with E-state index in [1.54, 1.807) is 54.2 Å². The molecule has 0 bridgehead atoms. The Kier molecular flexibility index (Phi) is 6.04. The summed E-state index contributed by atoms with van der Waals surface area (Å²) in [7, 11) is -3.85. The number of nitrogens with zero attached hydrogens (tertiary/aromatic N) is 1. The minimum absolute atomic E-state index is 0.173. The molecular formula is C22H19ClN2O3S2. The van der Waals surface area contributed by atoms with Gasteiger partial charge in [0.1, 0.15) is 6.54 Å². The molecule has 1 heterocycles. The van der Waals surface area contributed by atoms with Gasteiger partial charge in [-0.1, -0.05) is 48.0 Å². The fourth-order valence-corrected chi connectivity index (χ4v) is 5.95. The van der Waals surface area contributed by atoms with Gasteiger partial charge < -0.3 is 5.32 Å². The monoisotopic (exact) mass is 458 g/mol. The van der Waals surface area contributed by atoms with E-state index in [1.807, 2.05) is 30.3 Å². The van der Waals surface area contributed by atoms with Gasteiger partial charge >= 0.3 is 0 Å². The van der Waals surface area contributed by atoms with E-state index in [1.165, 1.54) is 0 Å². The van der Waals surface area contributed by atoms with E-state index >= 15 is 0 Å². The predicted octanol–water partition coefficient (Wildman–Crippen LogP) is 4.42. The van der Waals surface area contributed by atoms with E-state index in [9.17, 15) is 13.2 Å². The zero-order valence-electron chi connectivity index (χ0n) is 15.9. The first-order valence-electron chi connectivity index (χ1n) is 9.33. The quantitative estimate of drug-likeness (QED) is 0.438. The average molecular weight is 459 g/mol. The van der Waals surface area contributed by atoms with Crippen LogP contribution < -0.4 is 9.62 Å². The van der Waals surface area contributed by atoms with Gasteiger partial charge in [-0.15, -0.1) is 11.8 Å². The molecule has 1 aliphatic rings. The van der Waals surface area contributed by atoms with Crippen LogP contribution in [0.5, 0.6) is 0 Å². The maximum Gasteiger partial charge on any atom is 0.265 e. The molecule has 1 amide bonds. The van der Waals surface area contributed by atoms with Crippen molar-refractivity contribution < 1.29 is 13.2 Å². The van der Waals surface area contributed by atoms with Crippen LogP contribution in [-0.4, -0.2) is 33.2 Å². The molecule has 0 aliphatic carbocycles. The fourth-order valence-electron chi connectivity index (χ4n) is 3.34. The number of amides is 1. The number of fused-ring (bicyclic) bond motifs is 3. The van der Waals surface area contributed by atoms with Gasteiger partial charge in [0, 0.05) is 33.3 Å². The molecule has 0 spiro atoms. The Bertz CT molecular complexity index is 1180. The van der Waals surface area contributed by atoms with Crippen LogP contribution in [0.3, 0.4) is 0 Å². The van der Waals surface area contributed by atoms with Gasteiger partial charge in [-0.2, -0.15) is 0 Å². The minimum atomic E-state index is -3.85. The van der Waals surface area contributed by atoms with Crippen LogP contribution in [0, 0.1) is 0 Å². The smallest absolute Gasteiger partial charge is 0.265 e. The van der Waals surface area contributed by atoms with Gasteiger partial charge in [-0.3, -0.25) is 9.10 Å². The molecule has 0 radical (unpaired) electrons. The minimum Gasteiger partial charge on any atom is -0.354 e. The van der Waals surface area contributed by atoms with E-state index in [2.05, 4.69) is 5.32 Å². The van der Waals surface area contributed by atoms with Gasteiger partial charge in [0.15, 0.2) is 0 Å². The van der Waals surface area contributed by atoms with Crippen molar-refractivity contribution in [3.8, 4) is 11.1 Å². The Morgan fingerprint density at radius 2 is 1.70 bits per heavy atom. The summed E-state index contributed by atoms with van der Waals surface area (Å²) in [6.45, 7) is 0.150. The van der Waals surface area contributed by atoms with E-state index < -0.39 is 10.0 Å². The molecule has 8 heteroatoms. The van der Waals surface area contributed by atoms with Crippen molar-refractivity contribution in [2.75, 3.05) is 23.1 Å². The lowest BCUT2D eigenvalue weighted by Crippen LogP contribution is -2.43. The third-order valence-electron chi connectivity index (χ3n) is 4.70. The van der Waals surface area contributed by atoms with Crippen LogP contribution in [0.25, 0.3) is 11.1 Å². The normalized spacial score (nSPS) is 14.0. The highest BCUT2D eigenvalue weighted by Gasteiger charge is 2.35. The number of nitrogens with one attached hydrogen (secondary N) is 1. The lowest BCUT2D eigenvalue weighted by Gasteiger charge is -2.31. The third kappa shape index (κ3) is 4.19. The largest absolute Gasteiger partial charge is 0.354 e. The number of rotatable bonds is 6. The van der Waals surface area contributed by atoms with Crippen molar-refractivity contribution in [2.24, 2.45) is 0 Å². The van der Waals surface area contributed by atoms with Gasteiger partial charge in [0.25, 0.3) is 10.0 Å². The first kappa shape index (κ1) is 20.8. The summed E-state index contributed by atoms with van der Waals surface area (Å²) in [5.41, 5.74) is 1.73. The summed E-state index contributed by atoms with van der Waals surface area (Å²) >= 11 is 7.78. The van der Waals surface area contributed by atoms with Crippen molar-refractivity contribution in [2.45, 2.75) is 9.79 Å². The summed E-state index contributed by atoms with van der Waals surface area (Å²) in [5.74, 6) is 0.338. The number of hydrogen-bond acceptors (Lipinski definition) is 4. The van der Waals surface area contributed by atoms with Crippen LogP contribution in [0.1, 0.15) is 0 Å². The lowest BCUT2D eigenvalue weighted by molar-refractivity contribution is -0.119. The molecule has 154 valence electrons. The molecule has 5 nitrogen and oxygen atoms in total. The van der Waals surface area contributed by atoms with Crippen LogP contribution in [-0.2, 0) is 14.8 Å². The first-order chi connectivity index (χ1) is 14.5. The zero-order valence-corrected chi connectivity index (χ0v) is 18.3. The maximum absolute atomic E-state index is 13.2. The summed E-state index contributed by atoms with van der Waals surface area (Å²) in [5, 5.41) is 3.32. The highest BCUT2D eigenvalue weighted by molar-refractivity contribution is 7.99. The van der Waals surface area contributed by atoms with Gasteiger partial charge in [0.2, 0.25) is 5.91 Å². The standard InChI is InChI=1S/C22H19ClN2O3S2/c23-16-10-11-20-19(14-16)18-8-4-5-9-21(18)30(27,28)25(20)15-22(26)24-12-13-29-17-6-2-1-3-7-17/h1-11,14H,12-13,15H2,(H,24,26). The molecule has 0 atom stereocenters. The molecule has 4 rings (SSSR count). The summed E-state index contributed by atoms with van der Waals surface area (Å²) < 4.78 is 27.6. The first-order valence-corrected chi connectivity index (χ1v) is 12.1. The van der Waals surface area contributed by atoms with Crippen LogP contribution in [0.2, 0.25) is 5.02 Å². The van der Waals surface area contributed by atoms with Crippen molar-refractivity contribution in [3.05, 3.63) is 77.8 Å². The van der Waals surface area contributed by atoms with E-state index in [0.29, 0.717) is 34.1 Å². The molecule has 1 N–H and O–H groups in total. The predicted molar refractivity (Wildman–Crippen MR) is 122 cm³/mol. The van der Waals surface area contributed by atoms with Crippen molar-refractivity contribution in [1.29, 1.82) is 0 Å². The second kappa shape index (κ2) is 8.71. The Morgan fingerprint density at radius 3 is 2.50 bits per heavy atom. The van der Waals surface area contributed by atoms with Gasteiger partial charge in [0.05, 0.1) is 10.6 Å². The summed E-state index contributed by atoms with van der Waals surface area (Å²) in [6, 6.07) is 21.6. The number of halogens is 1. The topological polar surface area (TPSA) is 66.5 Å². The highest BCUT2D eigenvalue weighted by atomic mass is 35.5. The summed E-state index contributed by atoms with van der Waals surface area (Å²) in [6.07, 6.45) is 0. The Balaban J connectivity index is 1.50. The van der Waals surface area contributed by atoms with E-state index in [4.69, 9.17) is 11.6 Å². The molecule has 30 heavy (non-hydrogen) atoms. The fraction of sp³-hybridized carbons (Fsp3) is 0.136. The molecule has 0 saturated carbocycles. The van der Waals surface area contributed by atoms with Gasteiger partial charge in [-0.05, 0) is 36.4 Å². The van der Waals surface area contributed by atoms with Crippen molar-refractivity contribution in [3.63, 3.8) is 0 Å². The second-order valence-electron chi connectivity index (χ2n) is 6.68. The van der Waals surface area contributed by atoms with Crippen molar-refractivity contribution in [1.82, 2.24) is 5.32 Å². The summed E-state index contributed by atoms with van der Waals surface area (Å²) in [4.78, 5) is 13.8. The molecule has 0 fully saturated rings. The molecular weight excluding hydrogens is 440 g/mol. The number of anilines is 1. The van der Waals surface area contributed by atoms with Crippen LogP contribution in [0.15, 0.2) is 82.6 Å². The van der Waals surface area contributed by atoms with E-state index in [0.717, 1.165) is 9.20 Å². The molecule has 1 aliphatic heterocycles. The number of hydrogen-bond donors (Lipinski definition) is 1. The third-order valence-corrected chi connectivity index (χ3v) is 7.76. The van der Waals surface area contributed by atoms with Crippen LogP contribution >= 0.6 is 23.4 Å². The number of sulfonamides is 1. The van der Waals surface area contributed by atoms with Crippen molar-refractivity contribution >= 4 is 45.0 Å². The number of carbonyl (C=O) groups excluding carboxylic acids is 1. The lowest BCUT2D eigenvalue weighted by atomic mass is 10.0. The Hall–Kier alpha value is -2.48. The molecule has 0 unspecified atom stereocenters. The Morgan fingerprint density at radius 1 is 0.967 bits per heavy atom. The van der Waals surface area contributed by atoms with Crippen LogP contribution in [0.4, 0.5) is 5.69 Å². The average Bonchev–Trinajstić information content (AvgIpc) is 2.75. The SMILES string of the molecule is O=C(CN1c2ccc(Cl)cc2-c2ccccc2S1(=O)=O)NCCSc1ccccc1.